The summed E-state index contributed by atoms with van der Waals surface area (Å²) in [5, 5.41) is 4.25. The summed E-state index contributed by atoms with van der Waals surface area (Å²) in [7, 11) is 0. The second-order valence-corrected chi connectivity index (χ2v) is 7.17. The molecule has 0 radical (unpaired) electrons. The number of benzene rings is 1. The number of hydrogen-bond donors (Lipinski definition) is 0. The Hall–Kier alpha value is -2.79. The Balaban J connectivity index is 1.35. The van der Waals surface area contributed by atoms with Gasteiger partial charge in [0.1, 0.15) is 5.69 Å². The molecule has 5 heteroatoms. The Morgan fingerprint density at radius 2 is 1.81 bits per heavy atom. The van der Waals surface area contributed by atoms with Crippen molar-refractivity contribution in [3.8, 4) is 0 Å². The molecule has 1 aliphatic heterocycles. The molecule has 1 atom stereocenters. The third kappa shape index (κ3) is 4.49. The van der Waals surface area contributed by atoms with E-state index >= 15 is 0 Å². The molecule has 4 rings (SSSR count). The Kier molecular flexibility index (Phi) is 5.39. The van der Waals surface area contributed by atoms with Crippen molar-refractivity contribution < 1.29 is 4.79 Å². The van der Waals surface area contributed by atoms with Crippen molar-refractivity contribution in [2.75, 3.05) is 13.1 Å². The van der Waals surface area contributed by atoms with Gasteiger partial charge < -0.3 is 0 Å². The van der Waals surface area contributed by atoms with E-state index in [1.165, 1.54) is 11.1 Å². The standard InChI is InChI=1S/C22H24N4O/c27-22(21-6-1-2-11-23-21)20-5-3-13-25(17-20)15-18-7-9-19(10-8-18)16-26-14-4-12-24-26/h1-2,4,6-12,14,20H,3,5,13,15-17H2/t20-/m0/s1. The molecule has 0 saturated carbocycles. The van der Waals surface area contributed by atoms with E-state index in [0.29, 0.717) is 5.69 Å². The molecule has 1 saturated heterocycles. The first-order chi connectivity index (χ1) is 13.3. The second kappa shape index (κ2) is 8.27. The molecule has 1 fully saturated rings. The number of carbonyl (C=O) groups is 1. The van der Waals surface area contributed by atoms with E-state index in [1.807, 2.05) is 35.1 Å². The van der Waals surface area contributed by atoms with Crippen molar-refractivity contribution in [2.24, 2.45) is 5.92 Å². The number of likely N-dealkylation sites (tertiary alicyclic amines) is 1. The Bertz CT molecular complexity index is 859. The van der Waals surface area contributed by atoms with Gasteiger partial charge in [0.15, 0.2) is 5.78 Å². The first-order valence-corrected chi connectivity index (χ1v) is 9.51. The van der Waals surface area contributed by atoms with Crippen molar-refractivity contribution >= 4 is 5.78 Å². The van der Waals surface area contributed by atoms with Crippen LogP contribution in [0.4, 0.5) is 0 Å². The Morgan fingerprint density at radius 1 is 1.00 bits per heavy atom. The Morgan fingerprint density at radius 3 is 2.52 bits per heavy atom. The average Bonchev–Trinajstić information content (AvgIpc) is 3.23. The minimum atomic E-state index is 0.0488. The minimum Gasteiger partial charge on any atom is -0.298 e. The van der Waals surface area contributed by atoms with Crippen LogP contribution in [-0.4, -0.2) is 38.5 Å². The highest BCUT2D eigenvalue weighted by Crippen LogP contribution is 2.22. The number of carbonyl (C=O) groups excluding carboxylic acids is 1. The van der Waals surface area contributed by atoms with Crippen LogP contribution in [0, 0.1) is 5.92 Å². The maximum Gasteiger partial charge on any atom is 0.185 e. The van der Waals surface area contributed by atoms with Crippen LogP contribution in [-0.2, 0) is 13.1 Å². The van der Waals surface area contributed by atoms with Gasteiger partial charge >= 0.3 is 0 Å². The van der Waals surface area contributed by atoms with Crippen molar-refractivity contribution in [3.05, 3.63) is 83.9 Å². The van der Waals surface area contributed by atoms with E-state index < -0.39 is 0 Å². The molecule has 3 aromatic rings. The maximum absolute atomic E-state index is 12.7. The van der Waals surface area contributed by atoms with Gasteiger partial charge in [-0.1, -0.05) is 30.3 Å². The van der Waals surface area contributed by atoms with Gasteiger partial charge in [0.05, 0.1) is 6.54 Å². The summed E-state index contributed by atoms with van der Waals surface area (Å²) in [5.74, 6) is 0.225. The molecule has 138 valence electrons. The van der Waals surface area contributed by atoms with Gasteiger partial charge in [-0.05, 0) is 48.7 Å². The summed E-state index contributed by atoms with van der Waals surface area (Å²) < 4.78 is 1.92. The molecule has 27 heavy (non-hydrogen) atoms. The van der Waals surface area contributed by atoms with Crippen LogP contribution in [0.5, 0.6) is 0 Å². The first kappa shape index (κ1) is 17.6. The Labute approximate surface area is 159 Å². The van der Waals surface area contributed by atoms with E-state index in [2.05, 4.69) is 39.2 Å². The monoisotopic (exact) mass is 360 g/mol. The lowest BCUT2D eigenvalue weighted by Crippen LogP contribution is -2.38. The number of piperidine rings is 1. The smallest absolute Gasteiger partial charge is 0.185 e. The van der Waals surface area contributed by atoms with Crippen LogP contribution >= 0.6 is 0 Å². The topological polar surface area (TPSA) is 51.0 Å². The number of Topliss-reactive ketones (excluding diaryl/α,β-unsaturated/α-hetero) is 1. The minimum absolute atomic E-state index is 0.0488. The van der Waals surface area contributed by atoms with Gasteiger partial charge in [-0.3, -0.25) is 19.4 Å². The number of nitrogens with zero attached hydrogens (tertiary/aromatic N) is 4. The molecule has 3 heterocycles. The predicted octanol–water partition coefficient (Wildman–Crippen LogP) is 3.42. The van der Waals surface area contributed by atoms with Crippen LogP contribution in [0.15, 0.2) is 67.1 Å². The number of aromatic nitrogens is 3. The third-order valence-corrected chi connectivity index (χ3v) is 5.13. The third-order valence-electron chi connectivity index (χ3n) is 5.13. The van der Waals surface area contributed by atoms with Crippen molar-refractivity contribution in [1.29, 1.82) is 0 Å². The highest BCUT2D eigenvalue weighted by molar-refractivity contribution is 5.96. The van der Waals surface area contributed by atoms with Gasteiger partial charge in [0.25, 0.3) is 0 Å². The fourth-order valence-electron chi connectivity index (χ4n) is 3.72. The molecular weight excluding hydrogens is 336 g/mol. The van der Waals surface area contributed by atoms with Crippen LogP contribution in [0.3, 0.4) is 0 Å². The summed E-state index contributed by atoms with van der Waals surface area (Å²) in [6, 6.07) is 16.2. The van der Waals surface area contributed by atoms with E-state index in [1.54, 1.807) is 12.4 Å². The quantitative estimate of drug-likeness (QED) is 0.632. The zero-order chi connectivity index (χ0) is 18.5. The predicted molar refractivity (Wildman–Crippen MR) is 104 cm³/mol. The fraction of sp³-hybridized carbons (Fsp3) is 0.318. The molecule has 0 amide bonds. The van der Waals surface area contributed by atoms with Crippen LogP contribution in [0.1, 0.15) is 34.5 Å². The van der Waals surface area contributed by atoms with Crippen LogP contribution < -0.4 is 0 Å². The lowest BCUT2D eigenvalue weighted by molar-refractivity contribution is 0.0806. The summed E-state index contributed by atoms with van der Waals surface area (Å²) in [6.45, 7) is 3.52. The zero-order valence-electron chi connectivity index (χ0n) is 15.4. The van der Waals surface area contributed by atoms with E-state index in [4.69, 9.17) is 0 Å². The lowest BCUT2D eigenvalue weighted by atomic mass is 9.91. The van der Waals surface area contributed by atoms with E-state index in [0.717, 1.165) is 39.0 Å². The molecule has 0 spiro atoms. The van der Waals surface area contributed by atoms with Crippen LogP contribution in [0.25, 0.3) is 0 Å². The van der Waals surface area contributed by atoms with Gasteiger partial charge in [-0.2, -0.15) is 5.10 Å². The average molecular weight is 360 g/mol. The molecule has 1 aromatic carbocycles. The second-order valence-electron chi connectivity index (χ2n) is 7.17. The SMILES string of the molecule is O=C(c1ccccn1)[C@H]1CCCN(Cc2ccc(Cn3cccn3)cc2)C1. The molecule has 1 aliphatic rings. The fourth-order valence-corrected chi connectivity index (χ4v) is 3.72. The van der Waals surface area contributed by atoms with Gasteiger partial charge in [0.2, 0.25) is 0 Å². The molecule has 0 bridgehead atoms. The number of rotatable bonds is 6. The van der Waals surface area contributed by atoms with Crippen LogP contribution in [0.2, 0.25) is 0 Å². The molecular formula is C22H24N4O. The number of hydrogen-bond acceptors (Lipinski definition) is 4. The van der Waals surface area contributed by atoms with E-state index in [9.17, 15) is 4.79 Å². The first-order valence-electron chi connectivity index (χ1n) is 9.51. The van der Waals surface area contributed by atoms with Crippen molar-refractivity contribution in [2.45, 2.75) is 25.9 Å². The highest BCUT2D eigenvalue weighted by Gasteiger charge is 2.27. The summed E-state index contributed by atoms with van der Waals surface area (Å²) >= 11 is 0. The molecule has 5 nitrogen and oxygen atoms in total. The van der Waals surface area contributed by atoms with Crippen molar-refractivity contribution in [3.63, 3.8) is 0 Å². The zero-order valence-corrected chi connectivity index (χ0v) is 15.4. The number of ketones is 1. The summed E-state index contributed by atoms with van der Waals surface area (Å²) in [6.07, 6.45) is 7.47. The molecule has 2 aromatic heterocycles. The van der Waals surface area contributed by atoms with E-state index in [-0.39, 0.29) is 11.7 Å². The van der Waals surface area contributed by atoms with Gasteiger partial charge in [-0.15, -0.1) is 0 Å². The molecule has 0 aliphatic carbocycles. The normalized spacial score (nSPS) is 17.7. The summed E-state index contributed by atoms with van der Waals surface area (Å²) in [5.41, 5.74) is 3.11. The lowest BCUT2D eigenvalue weighted by Gasteiger charge is -2.31. The maximum atomic E-state index is 12.7. The number of pyridine rings is 1. The molecule has 0 unspecified atom stereocenters. The highest BCUT2D eigenvalue weighted by atomic mass is 16.1. The van der Waals surface area contributed by atoms with Crippen molar-refractivity contribution in [1.82, 2.24) is 19.7 Å². The summed E-state index contributed by atoms with van der Waals surface area (Å²) in [4.78, 5) is 19.3. The van der Waals surface area contributed by atoms with Gasteiger partial charge in [0, 0.05) is 37.6 Å². The largest absolute Gasteiger partial charge is 0.298 e. The van der Waals surface area contributed by atoms with Gasteiger partial charge in [-0.25, -0.2) is 0 Å². The molecule has 0 N–H and O–H groups in total.